The minimum atomic E-state index is -0.388. The molecular formula is C17H21N3O2S. The van der Waals surface area contributed by atoms with Crippen LogP contribution in [0.25, 0.3) is 0 Å². The molecule has 0 radical (unpaired) electrons. The van der Waals surface area contributed by atoms with Crippen LogP contribution >= 0.6 is 11.8 Å². The van der Waals surface area contributed by atoms with Gasteiger partial charge in [-0.15, -0.1) is 0 Å². The molecule has 2 N–H and O–H groups in total. The van der Waals surface area contributed by atoms with Crippen molar-refractivity contribution in [2.24, 2.45) is 4.99 Å². The second-order valence-corrected chi connectivity index (χ2v) is 7.13. The van der Waals surface area contributed by atoms with E-state index < -0.39 is 0 Å². The average Bonchev–Trinajstić information content (AvgIpc) is 2.88. The van der Waals surface area contributed by atoms with Crippen LogP contribution in [0.4, 0.5) is 5.69 Å². The highest BCUT2D eigenvalue weighted by Gasteiger charge is 2.32. The van der Waals surface area contributed by atoms with Gasteiger partial charge in [0.25, 0.3) is 0 Å². The summed E-state index contributed by atoms with van der Waals surface area (Å²) in [4.78, 5) is 28.7. The SMILES string of the molecule is O=C(C[C@@H]1SC(=NC2CCCCC2)NC1=O)Nc1ccccc1. The molecule has 0 aromatic heterocycles. The first-order valence-corrected chi connectivity index (χ1v) is 8.99. The Morgan fingerprint density at radius 1 is 1.22 bits per heavy atom. The first-order chi connectivity index (χ1) is 11.2. The summed E-state index contributed by atoms with van der Waals surface area (Å²) in [5.74, 6) is -0.268. The predicted molar refractivity (Wildman–Crippen MR) is 93.5 cm³/mol. The van der Waals surface area contributed by atoms with E-state index in [2.05, 4.69) is 15.6 Å². The molecule has 2 fully saturated rings. The fraction of sp³-hybridized carbons (Fsp3) is 0.471. The van der Waals surface area contributed by atoms with Crippen LogP contribution in [0.5, 0.6) is 0 Å². The molecule has 0 bridgehead atoms. The number of nitrogens with zero attached hydrogens (tertiary/aromatic N) is 1. The summed E-state index contributed by atoms with van der Waals surface area (Å²) in [6.07, 6.45) is 6.06. The molecule has 5 nitrogen and oxygen atoms in total. The van der Waals surface area contributed by atoms with Crippen LogP contribution in [0.1, 0.15) is 38.5 Å². The van der Waals surface area contributed by atoms with Gasteiger partial charge < -0.3 is 10.6 Å². The van der Waals surface area contributed by atoms with Crippen molar-refractivity contribution < 1.29 is 9.59 Å². The zero-order valence-electron chi connectivity index (χ0n) is 13.0. The quantitative estimate of drug-likeness (QED) is 0.891. The number of aliphatic imine (C=N–C) groups is 1. The van der Waals surface area contributed by atoms with Gasteiger partial charge in [0.15, 0.2) is 5.17 Å². The third kappa shape index (κ3) is 4.58. The van der Waals surface area contributed by atoms with Gasteiger partial charge in [-0.1, -0.05) is 49.2 Å². The van der Waals surface area contributed by atoms with E-state index in [1.165, 1.54) is 31.0 Å². The number of carbonyl (C=O) groups is 2. The minimum Gasteiger partial charge on any atom is -0.326 e. The molecule has 1 saturated heterocycles. The van der Waals surface area contributed by atoms with Gasteiger partial charge in [-0.3, -0.25) is 14.6 Å². The Morgan fingerprint density at radius 3 is 2.70 bits per heavy atom. The lowest BCUT2D eigenvalue weighted by atomic mass is 9.96. The number of hydrogen-bond acceptors (Lipinski definition) is 4. The first-order valence-electron chi connectivity index (χ1n) is 8.11. The third-order valence-electron chi connectivity index (χ3n) is 4.08. The number of para-hydroxylation sites is 1. The molecule has 1 aliphatic carbocycles. The Balaban J connectivity index is 1.53. The Morgan fingerprint density at radius 2 is 1.96 bits per heavy atom. The average molecular weight is 331 g/mol. The van der Waals surface area contributed by atoms with Crippen LogP contribution in [-0.4, -0.2) is 28.3 Å². The van der Waals surface area contributed by atoms with Gasteiger partial charge in [0.05, 0.1) is 6.04 Å². The summed E-state index contributed by atoms with van der Waals surface area (Å²) in [6, 6.07) is 9.60. The first kappa shape index (κ1) is 16.1. The van der Waals surface area contributed by atoms with Crippen LogP contribution in [0, 0.1) is 0 Å². The fourth-order valence-electron chi connectivity index (χ4n) is 2.88. The van der Waals surface area contributed by atoms with Gasteiger partial charge in [-0.25, -0.2) is 0 Å². The van der Waals surface area contributed by atoms with Crippen molar-refractivity contribution in [3.63, 3.8) is 0 Å². The maximum absolute atomic E-state index is 12.1. The molecule has 1 atom stereocenters. The number of amidine groups is 1. The highest BCUT2D eigenvalue weighted by atomic mass is 32.2. The van der Waals surface area contributed by atoms with Crippen molar-refractivity contribution in [1.82, 2.24) is 5.32 Å². The molecule has 6 heteroatoms. The number of rotatable bonds is 4. The van der Waals surface area contributed by atoms with Crippen molar-refractivity contribution in [3.05, 3.63) is 30.3 Å². The molecule has 3 rings (SSSR count). The minimum absolute atomic E-state index is 0.118. The zero-order chi connectivity index (χ0) is 16.1. The number of anilines is 1. The van der Waals surface area contributed by atoms with Crippen molar-refractivity contribution in [1.29, 1.82) is 0 Å². The van der Waals surface area contributed by atoms with E-state index in [0.717, 1.165) is 18.5 Å². The summed E-state index contributed by atoms with van der Waals surface area (Å²) in [6.45, 7) is 0. The standard InChI is InChI=1S/C17H21N3O2S/c21-15(18-12-7-3-1-4-8-12)11-14-16(22)20-17(23-14)19-13-9-5-2-6-10-13/h1,3-4,7-8,13-14H,2,5-6,9-11H2,(H,18,21)(H,19,20,22)/t14-/m0/s1. The Labute approximate surface area is 140 Å². The lowest BCUT2D eigenvalue weighted by Crippen LogP contribution is -2.28. The molecule has 23 heavy (non-hydrogen) atoms. The molecule has 1 aromatic carbocycles. The van der Waals surface area contributed by atoms with Gasteiger partial charge in [-0.2, -0.15) is 0 Å². The Bertz CT molecular complexity index is 597. The molecule has 1 saturated carbocycles. The molecule has 0 spiro atoms. The maximum atomic E-state index is 12.1. The number of hydrogen-bond donors (Lipinski definition) is 2. The van der Waals surface area contributed by atoms with Crippen molar-refractivity contribution in [2.45, 2.75) is 49.8 Å². The molecule has 1 aromatic rings. The highest BCUT2D eigenvalue weighted by molar-refractivity contribution is 8.15. The molecular weight excluding hydrogens is 310 g/mol. The monoisotopic (exact) mass is 331 g/mol. The number of amides is 2. The Hall–Kier alpha value is -1.82. The summed E-state index contributed by atoms with van der Waals surface area (Å²) in [5, 5.41) is 5.92. The molecule has 2 aliphatic rings. The summed E-state index contributed by atoms with van der Waals surface area (Å²) >= 11 is 1.38. The fourth-order valence-corrected chi connectivity index (χ4v) is 3.92. The van der Waals surface area contributed by atoms with Crippen molar-refractivity contribution >= 4 is 34.4 Å². The molecule has 0 unspecified atom stereocenters. The second-order valence-electron chi connectivity index (χ2n) is 5.94. The molecule has 122 valence electrons. The maximum Gasteiger partial charge on any atom is 0.240 e. The molecule has 2 amide bonds. The zero-order valence-corrected chi connectivity index (χ0v) is 13.8. The van der Waals surface area contributed by atoms with Gasteiger partial charge in [0.1, 0.15) is 5.25 Å². The predicted octanol–water partition coefficient (Wildman–Crippen LogP) is 2.94. The van der Waals surface area contributed by atoms with Gasteiger partial charge >= 0.3 is 0 Å². The summed E-state index contributed by atoms with van der Waals surface area (Å²) < 4.78 is 0. The number of carbonyl (C=O) groups excluding carboxylic acids is 2. The highest BCUT2D eigenvalue weighted by Crippen LogP contribution is 2.26. The summed E-state index contributed by atoms with van der Waals surface area (Å²) in [7, 11) is 0. The number of benzene rings is 1. The smallest absolute Gasteiger partial charge is 0.240 e. The normalized spacial score (nSPS) is 23.7. The topological polar surface area (TPSA) is 70.6 Å². The van der Waals surface area contributed by atoms with E-state index in [0.29, 0.717) is 11.2 Å². The van der Waals surface area contributed by atoms with Crippen molar-refractivity contribution in [2.75, 3.05) is 5.32 Å². The van der Waals surface area contributed by atoms with Gasteiger partial charge in [-0.05, 0) is 25.0 Å². The van der Waals surface area contributed by atoms with E-state index in [1.807, 2.05) is 30.3 Å². The van der Waals surface area contributed by atoms with E-state index in [9.17, 15) is 9.59 Å². The van der Waals surface area contributed by atoms with Crippen LogP contribution in [0.15, 0.2) is 35.3 Å². The molecule has 1 heterocycles. The van der Waals surface area contributed by atoms with E-state index >= 15 is 0 Å². The van der Waals surface area contributed by atoms with Crippen LogP contribution in [0.2, 0.25) is 0 Å². The third-order valence-corrected chi connectivity index (χ3v) is 5.18. The van der Waals surface area contributed by atoms with Gasteiger partial charge in [0, 0.05) is 12.1 Å². The van der Waals surface area contributed by atoms with E-state index in [4.69, 9.17) is 0 Å². The van der Waals surface area contributed by atoms with E-state index in [-0.39, 0.29) is 23.5 Å². The van der Waals surface area contributed by atoms with Crippen LogP contribution in [0.3, 0.4) is 0 Å². The second kappa shape index (κ2) is 7.64. The van der Waals surface area contributed by atoms with Crippen molar-refractivity contribution in [3.8, 4) is 0 Å². The largest absolute Gasteiger partial charge is 0.326 e. The number of thioether (sulfide) groups is 1. The lowest BCUT2D eigenvalue weighted by Gasteiger charge is -2.17. The van der Waals surface area contributed by atoms with E-state index in [1.54, 1.807) is 0 Å². The lowest BCUT2D eigenvalue weighted by molar-refractivity contribution is -0.122. The summed E-state index contributed by atoms with van der Waals surface area (Å²) in [5.41, 5.74) is 0.747. The number of nitrogens with one attached hydrogen (secondary N) is 2. The molecule has 1 aliphatic heterocycles. The van der Waals surface area contributed by atoms with Crippen LogP contribution < -0.4 is 10.6 Å². The van der Waals surface area contributed by atoms with Gasteiger partial charge in [0.2, 0.25) is 11.8 Å². The Kier molecular flexibility index (Phi) is 5.33. The van der Waals surface area contributed by atoms with Crippen LogP contribution in [-0.2, 0) is 9.59 Å².